The summed E-state index contributed by atoms with van der Waals surface area (Å²) in [5.74, 6) is 0.698. The lowest BCUT2D eigenvalue weighted by Crippen LogP contribution is -2.53. The Kier molecular flexibility index (Phi) is 6.98. The summed E-state index contributed by atoms with van der Waals surface area (Å²) < 4.78 is 2.16. The maximum Gasteiger partial charge on any atom is 0.255 e. The number of fused-ring (bicyclic) bond motifs is 1. The molecule has 1 aromatic carbocycles. The Morgan fingerprint density at radius 1 is 0.842 bits per heavy atom. The van der Waals surface area contributed by atoms with E-state index in [1.807, 2.05) is 6.07 Å². The van der Waals surface area contributed by atoms with Gasteiger partial charge in [0.25, 0.3) is 11.8 Å². The average molecular weight is 560 g/mol. The second kappa shape index (κ2) is 10.1. The van der Waals surface area contributed by atoms with Crippen molar-refractivity contribution in [2.75, 3.05) is 26.2 Å². The molecule has 2 saturated carbocycles. The van der Waals surface area contributed by atoms with Gasteiger partial charge in [-0.1, -0.05) is 61.4 Å². The van der Waals surface area contributed by atoms with Crippen LogP contribution in [0.5, 0.6) is 0 Å². The zero-order chi connectivity index (χ0) is 26.5. The molecule has 0 radical (unpaired) electrons. The van der Waals surface area contributed by atoms with Crippen molar-refractivity contribution in [1.82, 2.24) is 19.4 Å². The van der Waals surface area contributed by atoms with Crippen LogP contribution in [0.2, 0.25) is 10.2 Å². The van der Waals surface area contributed by atoms with Crippen molar-refractivity contribution in [3.8, 4) is 11.3 Å². The van der Waals surface area contributed by atoms with E-state index in [0.29, 0.717) is 60.2 Å². The minimum Gasteiger partial charge on any atom is -0.380 e. The van der Waals surface area contributed by atoms with E-state index in [9.17, 15) is 14.7 Å². The molecule has 1 spiro atoms. The lowest BCUT2D eigenvalue weighted by molar-refractivity contribution is -0.143. The Balaban J connectivity index is 1.16. The van der Waals surface area contributed by atoms with Gasteiger partial charge in [0.15, 0.2) is 0 Å². The molecule has 1 aromatic heterocycles. The fraction of sp³-hybridized carbons (Fsp3) is 0.621. The van der Waals surface area contributed by atoms with Crippen molar-refractivity contribution >= 4 is 35.0 Å². The average Bonchev–Trinajstić information content (AvgIpc) is 3.58. The molecule has 4 aliphatic rings. The molecule has 0 bridgehead atoms. The molecule has 7 nitrogen and oxygen atoms in total. The van der Waals surface area contributed by atoms with E-state index in [2.05, 4.69) is 4.57 Å². The summed E-state index contributed by atoms with van der Waals surface area (Å²) in [7, 11) is 0. The number of halogens is 2. The Hall–Kier alpha value is -2.09. The van der Waals surface area contributed by atoms with Gasteiger partial charge in [-0.25, -0.2) is 4.98 Å². The summed E-state index contributed by atoms with van der Waals surface area (Å²) in [4.78, 5) is 34.0. The Labute approximate surface area is 234 Å². The second-order valence-electron chi connectivity index (χ2n) is 11.8. The normalized spacial score (nSPS) is 22.5. The molecule has 2 aliphatic carbocycles. The van der Waals surface area contributed by atoms with E-state index in [0.717, 1.165) is 36.5 Å². The number of nitrogens with zero attached hydrogens (tertiary/aromatic N) is 4. The smallest absolute Gasteiger partial charge is 0.255 e. The van der Waals surface area contributed by atoms with Crippen molar-refractivity contribution in [3.05, 3.63) is 39.8 Å². The van der Waals surface area contributed by atoms with Crippen molar-refractivity contribution in [1.29, 1.82) is 0 Å². The molecule has 9 heteroatoms. The van der Waals surface area contributed by atoms with Crippen molar-refractivity contribution < 1.29 is 14.7 Å². The van der Waals surface area contributed by atoms with E-state index in [4.69, 9.17) is 28.2 Å². The van der Waals surface area contributed by atoms with Crippen molar-refractivity contribution in [2.45, 2.75) is 82.8 Å². The van der Waals surface area contributed by atoms with Gasteiger partial charge >= 0.3 is 0 Å². The largest absolute Gasteiger partial charge is 0.380 e. The van der Waals surface area contributed by atoms with E-state index in [-0.39, 0.29) is 11.8 Å². The molecule has 1 saturated heterocycles. The highest BCUT2D eigenvalue weighted by Crippen LogP contribution is 2.45. The molecule has 3 heterocycles. The monoisotopic (exact) mass is 558 g/mol. The number of carbonyl (C=O) groups excluding carboxylic acids is 2. The van der Waals surface area contributed by atoms with E-state index < -0.39 is 5.60 Å². The van der Waals surface area contributed by atoms with Gasteiger partial charge in [-0.05, 0) is 49.7 Å². The predicted octanol–water partition coefficient (Wildman–Crippen LogP) is 5.34. The van der Waals surface area contributed by atoms with Gasteiger partial charge in [0.2, 0.25) is 0 Å². The van der Waals surface area contributed by atoms with E-state index in [1.165, 1.54) is 44.9 Å². The van der Waals surface area contributed by atoms with Crippen LogP contribution in [0.25, 0.3) is 11.3 Å². The predicted molar refractivity (Wildman–Crippen MR) is 147 cm³/mol. The number of aliphatic hydroxyl groups is 1. The number of rotatable bonds is 3. The first kappa shape index (κ1) is 26.1. The number of piperazine rings is 1. The topological polar surface area (TPSA) is 78.7 Å². The third kappa shape index (κ3) is 4.86. The van der Waals surface area contributed by atoms with Crippen LogP contribution in [-0.4, -0.2) is 68.1 Å². The second-order valence-corrected chi connectivity index (χ2v) is 12.6. The summed E-state index contributed by atoms with van der Waals surface area (Å²) in [6.07, 6.45) is 12.4. The maximum atomic E-state index is 13.2. The number of hydrogen-bond donors (Lipinski definition) is 1. The van der Waals surface area contributed by atoms with Crippen LogP contribution in [0.1, 0.15) is 80.4 Å². The molecular weight excluding hydrogens is 523 g/mol. The van der Waals surface area contributed by atoms with E-state index in [1.54, 1.807) is 21.9 Å². The third-order valence-corrected chi connectivity index (χ3v) is 9.94. The first-order valence-corrected chi connectivity index (χ1v) is 14.9. The van der Waals surface area contributed by atoms with Gasteiger partial charge in [-0.2, -0.15) is 0 Å². The molecule has 38 heavy (non-hydrogen) atoms. The van der Waals surface area contributed by atoms with Gasteiger partial charge in [-0.3, -0.25) is 9.59 Å². The van der Waals surface area contributed by atoms with Crippen LogP contribution in [0.3, 0.4) is 0 Å². The van der Waals surface area contributed by atoms with Gasteiger partial charge in [0, 0.05) is 44.7 Å². The first-order chi connectivity index (χ1) is 18.3. The maximum absolute atomic E-state index is 13.2. The summed E-state index contributed by atoms with van der Waals surface area (Å²) in [5, 5.41) is 11.1. The SMILES string of the molecule is O=C(c1ccc(-c2nc3n(c2Cl)CCC2(CCCCCCC2)C3)cc1Cl)N1CCN(C(=O)C2(O)CC2)CC1. The molecule has 0 atom stereocenters. The van der Waals surface area contributed by atoms with Gasteiger partial charge in [0.1, 0.15) is 22.3 Å². The van der Waals surface area contributed by atoms with E-state index >= 15 is 0 Å². The molecule has 204 valence electrons. The number of carbonyl (C=O) groups is 2. The van der Waals surface area contributed by atoms with Gasteiger partial charge in [-0.15, -0.1) is 0 Å². The zero-order valence-corrected chi connectivity index (χ0v) is 23.4. The van der Waals surface area contributed by atoms with Crippen LogP contribution >= 0.6 is 23.2 Å². The summed E-state index contributed by atoms with van der Waals surface area (Å²) >= 11 is 13.5. The minimum absolute atomic E-state index is 0.153. The van der Waals surface area contributed by atoms with Crippen molar-refractivity contribution in [2.24, 2.45) is 5.41 Å². The first-order valence-electron chi connectivity index (χ1n) is 14.1. The van der Waals surface area contributed by atoms with Gasteiger partial charge < -0.3 is 19.5 Å². The summed E-state index contributed by atoms with van der Waals surface area (Å²) in [5.41, 5.74) is 1.16. The molecule has 0 unspecified atom stereocenters. The standard InChI is InChI=1S/C29H36Cl2N4O3/c30-22-18-20(6-7-21(22)26(36)33-14-16-34(17-15-33)27(37)29(38)10-11-29)24-25(31)35-13-12-28(19-23(35)32-24)8-4-2-1-3-5-9-28/h6-7,18,38H,1-5,8-17,19H2. The summed E-state index contributed by atoms with van der Waals surface area (Å²) in [6.45, 7) is 2.57. The zero-order valence-electron chi connectivity index (χ0n) is 21.9. The Morgan fingerprint density at radius 3 is 2.16 bits per heavy atom. The lowest BCUT2D eigenvalue weighted by atomic mass is 9.70. The fourth-order valence-electron chi connectivity index (χ4n) is 6.62. The van der Waals surface area contributed by atoms with Crippen molar-refractivity contribution in [3.63, 3.8) is 0 Å². The lowest BCUT2D eigenvalue weighted by Gasteiger charge is -2.39. The minimum atomic E-state index is -1.17. The number of amides is 2. The molecule has 2 amide bonds. The highest BCUT2D eigenvalue weighted by molar-refractivity contribution is 6.34. The molecule has 2 aliphatic heterocycles. The van der Waals surface area contributed by atoms with Crippen LogP contribution in [0.15, 0.2) is 18.2 Å². The highest BCUT2D eigenvalue weighted by atomic mass is 35.5. The molecule has 2 aromatic rings. The quantitative estimate of drug-likeness (QED) is 0.551. The number of benzene rings is 1. The number of hydrogen-bond acceptors (Lipinski definition) is 4. The third-order valence-electron chi connectivity index (χ3n) is 9.25. The molecule has 1 N–H and O–H groups in total. The van der Waals surface area contributed by atoms with Crippen LogP contribution in [0, 0.1) is 5.41 Å². The van der Waals surface area contributed by atoms with Gasteiger partial charge in [0.05, 0.1) is 10.6 Å². The molecular formula is C29H36Cl2N4O3. The fourth-order valence-corrected chi connectivity index (χ4v) is 7.22. The molecule has 3 fully saturated rings. The molecule has 6 rings (SSSR count). The van der Waals surface area contributed by atoms with Crippen LogP contribution in [0.4, 0.5) is 0 Å². The Morgan fingerprint density at radius 2 is 1.50 bits per heavy atom. The van der Waals surface area contributed by atoms with Crippen LogP contribution in [-0.2, 0) is 17.8 Å². The number of imidazole rings is 1. The Bertz CT molecular complexity index is 1240. The summed E-state index contributed by atoms with van der Waals surface area (Å²) in [6, 6.07) is 5.44. The highest BCUT2D eigenvalue weighted by Gasteiger charge is 2.50. The number of aromatic nitrogens is 2. The van der Waals surface area contributed by atoms with Crippen LogP contribution < -0.4 is 0 Å².